The van der Waals surface area contributed by atoms with E-state index in [0.29, 0.717) is 4.34 Å². The molecule has 18 heavy (non-hydrogen) atoms. The minimum atomic E-state index is -0.671. The van der Waals surface area contributed by atoms with E-state index in [1.54, 1.807) is 25.1 Å². The number of thiophene rings is 1. The van der Waals surface area contributed by atoms with E-state index in [4.69, 9.17) is 16.9 Å². The van der Waals surface area contributed by atoms with Crippen LogP contribution < -0.4 is 11.2 Å². The van der Waals surface area contributed by atoms with Crippen molar-refractivity contribution in [3.63, 3.8) is 0 Å². The van der Waals surface area contributed by atoms with Crippen molar-refractivity contribution in [3.8, 4) is 6.07 Å². The van der Waals surface area contributed by atoms with Gasteiger partial charge in [0.2, 0.25) is 0 Å². The summed E-state index contributed by atoms with van der Waals surface area (Å²) in [5.74, 6) is 0. The molecule has 7 heteroatoms. The summed E-state index contributed by atoms with van der Waals surface area (Å²) in [5.41, 5.74) is -1.31. The molecule has 5 nitrogen and oxygen atoms in total. The Hall–Kier alpha value is -1.84. The fourth-order valence-electron chi connectivity index (χ4n) is 1.54. The maximum Gasteiger partial charge on any atom is 0.328 e. The topological polar surface area (TPSA) is 78.7 Å². The Morgan fingerprint density at radius 3 is 2.78 bits per heavy atom. The van der Waals surface area contributed by atoms with Crippen LogP contribution in [0.4, 0.5) is 0 Å². The number of hydrogen-bond acceptors (Lipinski definition) is 4. The second-order valence-corrected chi connectivity index (χ2v) is 5.39. The van der Waals surface area contributed by atoms with Crippen LogP contribution in [0.15, 0.2) is 27.9 Å². The molecule has 0 aromatic carbocycles. The first-order valence-electron chi connectivity index (χ1n) is 5.03. The van der Waals surface area contributed by atoms with Crippen LogP contribution in [0.1, 0.15) is 23.4 Å². The molecule has 92 valence electrons. The minimum absolute atomic E-state index is 0.0934. The smallest absolute Gasteiger partial charge is 0.291 e. The summed E-state index contributed by atoms with van der Waals surface area (Å²) in [6.07, 6.45) is 1.26. The molecule has 0 amide bonds. The predicted molar refractivity (Wildman–Crippen MR) is 69.2 cm³/mol. The number of nitriles is 1. The summed E-state index contributed by atoms with van der Waals surface area (Å²) < 4.78 is 1.93. The second-order valence-electron chi connectivity index (χ2n) is 3.64. The van der Waals surface area contributed by atoms with Gasteiger partial charge in [-0.3, -0.25) is 14.3 Å². The molecule has 0 saturated heterocycles. The lowest BCUT2D eigenvalue weighted by molar-refractivity contribution is 0.602. The highest BCUT2D eigenvalue weighted by atomic mass is 35.5. The third-order valence-corrected chi connectivity index (χ3v) is 3.91. The Morgan fingerprint density at radius 2 is 2.22 bits per heavy atom. The average Bonchev–Trinajstić information content (AvgIpc) is 2.75. The number of H-pyrrole nitrogens is 1. The van der Waals surface area contributed by atoms with Crippen molar-refractivity contribution in [1.29, 1.82) is 5.26 Å². The van der Waals surface area contributed by atoms with Crippen molar-refractivity contribution in [2.45, 2.75) is 13.0 Å². The van der Waals surface area contributed by atoms with E-state index in [1.165, 1.54) is 22.1 Å². The number of halogens is 1. The highest BCUT2D eigenvalue weighted by Crippen LogP contribution is 2.28. The third kappa shape index (κ3) is 2.23. The van der Waals surface area contributed by atoms with Gasteiger partial charge in [-0.1, -0.05) is 11.6 Å². The van der Waals surface area contributed by atoms with Gasteiger partial charge in [-0.15, -0.1) is 11.3 Å². The highest BCUT2D eigenvalue weighted by Gasteiger charge is 2.14. The molecule has 0 fully saturated rings. The molecule has 2 heterocycles. The van der Waals surface area contributed by atoms with Crippen molar-refractivity contribution in [2.24, 2.45) is 0 Å². The predicted octanol–water partition coefficient (Wildman–Crippen LogP) is 1.73. The first kappa shape index (κ1) is 12.6. The fraction of sp³-hybridized carbons (Fsp3) is 0.182. The number of rotatable bonds is 2. The summed E-state index contributed by atoms with van der Waals surface area (Å²) in [6.45, 7) is 1.79. The molecular weight excluding hydrogens is 274 g/mol. The van der Waals surface area contributed by atoms with Gasteiger partial charge in [-0.2, -0.15) is 5.26 Å². The molecule has 0 bridgehead atoms. The van der Waals surface area contributed by atoms with Crippen molar-refractivity contribution in [1.82, 2.24) is 9.55 Å². The molecule has 2 aromatic rings. The average molecular weight is 282 g/mol. The summed E-state index contributed by atoms with van der Waals surface area (Å²) in [4.78, 5) is 26.0. The molecule has 0 aliphatic heterocycles. The molecule has 1 N–H and O–H groups in total. The zero-order valence-electron chi connectivity index (χ0n) is 9.31. The Labute approximate surface area is 111 Å². The lowest BCUT2D eigenvalue weighted by Crippen LogP contribution is -2.32. The van der Waals surface area contributed by atoms with E-state index >= 15 is 0 Å². The van der Waals surface area contributed by atoms with E-state index in [2.05, 4.69) is 4.98 Å². The second kappa shape index (κ2) is 4.80. The number of hydrogen-bond donors (Lipinski definition) is 1. The summed E-state index contributed by atoms with van der Waals surface area (Å²) in [6, 6.07) is 5.00. The molecule has 0 saturated carbocycles. The molecular formula is C11H8ClN3O2S. The van der Waals surface area contributed by atoms with Gasteiger partial charge in [0.15, 0.2) is 0 Å². The lowest BCUT2D eigenvalue weighted by Gasteiger charge is -2.12. The van der Waals surface area contributed by atoms with Crippen LogP contribution in [0.3, 0.4) is 0 Å². The molecule has 0 aliphatic carbocycles. The van der Waals surface area contributed by atoms with Gasteiger partial charge in [0.1, 0.15) is 11.6 Å². The van der Waals surface area contributed by atoms with Crippen LogP contribution in [-0.2, 0) is 0 Å². The summed E-state index contributed by atoms with van der Waals surface area (Å²) >= 11 is 7.18. The van der Waals surface area contributed by atoms with Crippen LogP contribution in [0.25, 0.3) is 0 Å². The summed E-state index contributed by atoms with van der Waals surface area (Å²) in [7, 11) is 0. The lowest BCUT2D eigenvalue weighted by atomic mass is 10.2. The van der Waals surface area contributed by atoms with Gasteiger partial charge >= 0.3 is 5.69 Å². The van der Waals surface area contributed by atoms with Crippen molar-refractivity contribution >= 4 is 22.9 Å². The van der Waals surface area contributed by atoms with Crippen LogP contribution in [0.2, 0.25) is 4.34 Å². The zero-order valence-corrected chi connectivity index (χ0v) is 10.9. The number of nitrogens with zero attached hydrogens (tertiary/aromatic N) is 2. The van der Waals surface area contributed by atoms with Gasteiger partial charge in [0.05, 0.1) is 10.4 Å². The van der Waals surface area contributed by atoms with Crippen molar-refractivity contribution < 1.29 is 0 Å². The number of aromatic amines is 1. The largest absolute Gasteiger partial charge is 0.328 e. The highest BCUT2D eigenvalue weighted by molar-refractivity contribution is 7.16. The molecule has 1 unspecified atom stereocenters. The van der Waals surface area contributed by atoms with Crippen LogP contribution in [-0.4, -0.2) is 9.55 Å². The van der Waals surface area contributed by atoms with Crippen molar-refractivity contribution in [2.75, 3.05) is 0 Å². The molecule has 2 aromatic heterocycles. The first-order chi connectivity index (χ1) is 8.52. The van der Waals surface area contributed by atoms with E-state index in [1.807, 2.05) is 0 Å². The Bertz CT molecular complexity index is 738. The minimum Gasteiger partial charge on any atom is -0.291 e. The third-order valence-electron chi connectivity index (χ3n) is 2.51. The SMILES string of the molecule is CC(c1ccc(Cl)s1)n1cc(C#N)c(=O)[nH]c1=O. The normalized spacial score (nSPS) is 12.1. The quantitative estimate of drug-likeness (QED) is 0.910. The number of nitrogens with one attached hydrogen (secondary N) is 1. The first-order valence-corrected chi connectivity index (χ1v) is 6.23. The van der Waals surface area contributed by atoms with Gasteiger partial charge in [0.25, 0.3) is 5.56 Å². The monoisotopic (exact) mass is 281 g/mol. The Balaban J connectivity index is 2.55. The maximum atomic E-state index is 11.7. The van der Waals surface area contributed by atoms with Crippen LogP contribution >= 0.6 is 22.9 Å². The van der Waals surface area contributed by atoms with E-state index in [0.717, 1.165) is 4.88 Å². The molecule has 0 radical (unpaired) electrons. The van der Waals surface area contributed by atoms with Gasteiger partial charge in [-0.25, -0.2) is 4.79 Å². The molecule has 0 spiro atoms. The van der Waals surface area contributed by atoms with Crippen LogP contribution in [0.5, 0.6) is 0 Å². The number of aromatic nitrogens is 2. The fourth-order valence-corrected chi connectivity index (χ4v) is 2.65. The van der Waals surface area contributed by atoms with E-state index in [9.17, 15) is 9.59 Å². The van der Waals surface area contributed by atoms with Crippen molar-refractivity contribution in [3.05, 3.63) is 53.9 Å². The molecule has 2 rings (SSSR count). The standard InChI is InChI=1S/C11H8ClN3O2S/c1-6(8-2-3-9(12)18-8)15-5-7(4-13)10(16)14-11(15)17/h2-3,5-6H,1H3,(H,14,16,17). The van der Waals surface area contributed by atoms with Crippen LogP contribution in [0, 0.1) is 11.3 Å². The Kier molecular flexibility index (Phi) is 3.36. The Morgan fingerprint density at radius 1 is 1.50 bits per heavy atom. The van der Waals surface area contributed by atoms with Gasteiger partial charge in [-0.05, 0) is 19.1 Å². The van der Waals surface area contributed by atoms with E-state index < -0.39 is 11.2 Å². The van der Waals surface area contributed by atoms with Gasteiger partial charge < -0.3 is 0 Å². The molecule has 0 aliphatic rings. The maximum absolute atomic E-state index is 11.7. The van der Waals surface area contributed by atoms with Gasteiger partial charge in [0, 0.05) is 11.1 Å². The van der Waals surface area contributed by atoms with E-state index in [-0.39, 0.29) is 11.6 Å². The summed E-state index contributed by atoms with van der Waals surface area (Å²) in [5, 5.41) is 8.79. The molecule has 1 atom stereocenters. The zero-order chi connectivity index (χ0) is 13.3.